The van der Waals surface area contributed by atoms with E-state index in [1.54, 1.807) is 0 Å². The Hall–Kier alpha value is -0.570. The lowest BCUT2D eigenvalue weighted by atomic mass is 10.0. The lowest BCUT2D eigenvalue weighted by Gasteiger charge is -2.10. The first-order chi connectivity index (χ1) is 11.3. The highest BCUT2D eigenvalue weighted by Gasteiger charge is 2.12. The Kier molecular flexibility index (Phi) is 13.3. The van der Waals surface area contributed by atoms with Crippen LogP contribution in [0.25, 0.3) is 0 Å². The third-order valence-electron chi connectivity index (χ3n) is 4.91. The van der Waals surface area contributed by atoms with Crippen molar-refractivity contribution in [3.05, 3.63) is 0 Å². The van der Waals surface area contributed by atoms with E-state index >= 15 is 0 Å². The third-order valence-corrected chi connectivity index (χ3v) is 4.91. The Morgan fingerprint density at radius 2 is 1.17 bits per heavy atom. The summed E-state index contributed by atoms with van der Waals surface area (Å²) in [5, 5.41) is 10.8. The summed E-state index contributed by atoms with van der Waals surface area (Å²) in [6.45, 7) is 3.74. The predicted molar refractivity (Wildman–Crippen MR) is 100 cm³/mol. The number of unbranched alkanes of at least 4 members (excludes halogenated alkanes) is 14. The first-order valence-corrected chi connectivity index (χ1v) is 10.3. The van der Waals surface area contributed by atoms with Crippen LogP contribution in [-0.4, -0.2) is 29.2 Å². The topological polar surface area (TPSA) is 35.8 Å². The zero-order valence-electron chi connectivity index (χ0n) is 15.6. The van der Waals surface area contributed by atoms with E-state index in [2.05, 4.69) is 11.9 Å². The van der Waals surface area contributed by atoms with Crippen LogP contribution in [0.1, 0.15) is 110 Å². The smallest absolute Gasteiger partial charge is 0.123 e. The summed E-state index contributed by atoms with van der Waals surface area (Å²) in [7, 11) is 0. The van der Waals surface area contributed by atoms with Crippen molar-refractivity contribution in [3.63, 3.8) is 0 Å². The molecule has 0 radical (unpaired) electrons. The number of hydroxylamine groups is 2. The van der Waals surface area contributed by atoms with Crippen molar-refractivity contribution in [1.82, 2.24) is 5.06 Å². The zero-order valence-corrected chi connectivity index (χ0v) is 15.6. The molecular formula is C20H40N2O. The van der Waals surface area contributed by atoms with Gasteiger partial charge in [0.2, 0.25) is 0 Å². The van der Waals surface area contributed by atoms with Crippen LogP contribution in [0.4, 0.5) is 0 Å². The van der Waals surface area contributed by atoms with E-state index in [4.69, 9.17) is 0 Å². The fourth-order valence-corrected chi connectivity index (χ4v) is 3.35. The molecule has 0 aliphatic carbocycles. The van der Waals surface area contributed by atoms with Gasteiger partial charge in [0.1, 0.15) is 5.84 Å². The quantitative estimate of drug-likeness (QED) is 0.336. The largest absolute Gasteiger partial charge is 0.287 e. The van der Waals surface area contributed by atoms with Crippen molar-refractivity contribution in [2.75, 3.05) is 13.1 Å². The fourth-order valence-electron chi connectivity index (χ4n) is 3.35. The van der Waals surface area contributed by atoms with Gasteiger partial charge in [0, 0.05) is 6.42 Å². The number of aliphatic imine (C=N–C) groups is 1. The summed E-state index contributed by atoms with van der Waals surface area (Å²) in [6, 6.07) is 0. The first kappa shape index (κ1) is 20.5. The molecule has 0 amide bonds. The molecule has 0 fully saturated rings. The summed E-state index contributed by atoms with van der Waals surface area (Å²) >= 11 is 0. The average molecular weight is 325 g/mol. The van der Waals surface area contributed by atoms with Gasteiger partial charge in [-0.1, -0.05) is 96.8 Å². The van der Waals surface area contributed by atoms with Gasteiger partial charge < -0.3 is 0 Å². The van der Waals surface area contributed by atoms with Crippen molar-refractivity contribution < 1.29 is 5.21 Å². The lowest BCUT2D eigenvalue weighted by molar-refractivity contribution is -0.00500. The van der Waals surface area contributed by atoms with Crippen molar-refractivity contribution in [2.45, 2.75) is 110 Å². The minimum absolute atomic E-state index is 0.689. The minimum Gasteiger partial charge on any atom is -0.287 e. The van der Waals surface area contributed by atoms with Gasteiger partial charge in [-0.2, -0.15) is 0 Å². The Labute approximate surface area is 144 Å². The van der Waals surface area contributed by atoms with E-state index in [1.165, 1.54) is 101 Å². The van der Waals surface area contributed by atoms with E-state index in [9.17, 15) is 5.21 Å². The molecule has 0 aromatic rings. The third kappa shape index (κ3) is 11.6. The van der Waals surface area contributed by atoms with Crippen LogP contribution >= 0.6 is 0 Å². The number of rotatable bonds is 16. The van der Waals surface area contributed by atoms with Gasteiger partial charge in [0.15, 0.2) is 0 Å². The molecule has 0 aromatic heterocycles. The highest BCUT2D eigenvalue weighted by atomic mass is 16.5. The van der Waals surface area contributed by atoms with Gasteiger partial charge in [-0.05, 0) is 6.42 Å². The molecule has 0 saturated carbocycles. The maximum absolute atomic E-state index is 9.51. The molecule has 23 heavy (non-hydrogen) atoms. The standard InChI is InChI=1S/C20H40N2O/c1-2-3-4-5-6-7-8-9-10-11-12-13-14-15-16-17-20-21-18-19-22(20)23/h23H,2-19H2,1H3. The molecule has 3 nitrogen and oxygen atoms in total. The Morgan fingerprint density at radius 1 is 0.739 bits per heavy atom. The summed E-state index contributed by atoms with van der Waals surface area (Å²) in [5.74, 6) is 0.902. The Morgan fingerprint density at radius 3 is 1.57 bits per heavy atom. The summed E-state index contributed by atoms with van der Waals surface area (Å²) in [6.07, 6.45) is 21.9. The summed E-state index contributed by atoms with van der Waals surface area (Å²) in [5.41, 5.74) is 0. The molecular weight excluding hydrogens is 284 g/mol. The molecule has 0 bridgehead atoms. The van der Waals surface area contributed by atoms with E-state index in [0.29, 0.717) is 6.54 Å². The van der Waals surface area contributed by atoms with Gasteiger partial charge in [0.25, 0.3) is 0 Å². The highest BCUT2D eigenvalue weighted by Crippen LogP contribution is 2.14. The van der Waals surface area contributed by atoms with E-state index in [1.807, 2.05) is 0 Å². The van der Waals surface area contributed by atoms with E-state index in [-0.39, 0.29) is 0 Å². The van der Waals surface area contributed by atoms with Crippen molar-refractivity contribution >= 4 is 5.84 Å². The summed E-state index contributed by atoms with van der Waals surface area (Å²) < 4.78 is 0. The van der Waals surface area contributed by atoms with E-state index < -0.39 is 0 Å². The SMILES string of the molecule is CCCCCCCCCCCCCCCCCC1=NCCN1O. The maximum Gasteiger partial charge on any atom is 0.123 e. The van der Waals surface area contributed by atoms with Crippen LogP contribution in [0.5, 0.6) is 0 Å². The van der Waals surface area contributed by atoms with E-state index in [0.717, 1.165) is 18.8 Å². The first-order valence-electron chi connectivity index (χ1n) is 10.3. The van der Waals surface area contributed by atoms with Crippen molar-refractivity contribution in [1.29, 1.82) is 0 Å². The normalized spacial score (nSPS) is 14.5. The van der Waals surface area contributed by atoms with Gasteiger partial charge in [0.05, 0.1) is 13.1 Å². The number of hydrogen-bond acceptors (Lipinski definition) is 3. The van der Waals surface area contributed by atoms with Gasteiger partial charge in [-0.3, -0.25) is 10.2 Å². The van der Waals surface area contributed by atoms with Crippen LogP contribution in [-0.2, 0) is 0 Å². The van der Waals surface area contributed by atoms with Crippen LogP contribution in [0.3, 0.4) is 0 Å². The highest BCUT2D eigenvalue weighted by molar-refractivity contribution is 5.82. The molecule has 136 valence electrons. The molecule has 3 heteroatoms. The molecule has 0 saturated heterocycles. The molecule has 1 aliphatic heterocycles. The molecule has 0 spiro atoms. The molecule has 1 aliphatic rings. The monoisotopic (exact) mass is 324 g/mol. The molecule has 0 aromatic carbocycles. The molecule has 1 rings (SSSR count). The maximum atomic E-state index is 9.51. The second-order valence-electron chi connectivity index (χ2n) is 7.12. The second kappa shape index (κ2) is 15.0. The Bertz CT molecular complexity index is 291. The average Bonchev–Trinajstić information content (AvgIpc) is 2.96. The van der Waals surface area contributed by atoms with Crippen LogP contribution in [0.2, 0.25) is 0 Å². The Balaban J connectivity index is 1.70. The number of amidine groups is 1. The fraction of sp³-hybridized carbons (Fsp3) is 0.950. The van der Waals surface area contributed by atoms with Gasteiger partial charge in [-0.25, -0.2) is 5.06 Å². The molecule has 0 atom stereocenters. The number of nitrogens with zero attached hydrogens (tertiary/aromatic N) is 2. The molecule has 0 unspecified atom stereocenters. The zero-order chi connectivity index (χ0) is 16.6. The lowest BCUT2D eigenvalue weighted by Crippen LogP contribution is -2.23. The molecule has 1 heterocycles. The molecule has 1 N–H and O–H groups in total. The van der Waals surface area contributed by atoms with Crippen molar-refractivity contribution in [3.8, 4) is 0 Å². The van der Waals surface area contributed by atoms with Crippen molar-refractivity contribution in [2.24, 2.45) is 4.99 Å². The summed E-state index contributed by atoms with van der Waals surface area (Å²) in [4.78, 5) is 4.31. The van der Waals surface area contributed by atoms with Crippen LogP contribution in [0.15, 0.2) is 4.99 Å². The number of hydrogen-bond donors (Lipinski definition) is 1. The van der Waals surface area contributed by atoms with Gasteiger partial charge >= 0.3 is 0 Å². The van der Waals surface area contributed by atoms with Crippen LogP contribution in [0, 0.1) is 0 Å². The second-order valence-corrected chi connectivity index (χ2v) is 7.12. The predicted octanol–water partition coefficient (Wildman–Crippen LogP) is 6.35. The van der Waals surface area contributed by atoms with Crippen LogP contribution < -0.4 is 0 Å². The minimum atomic E-state index is 0.689. The van der Waals surface area contributed by atoms with Gasteiger partial charge in [-0.15, -0.1) is 0 Å².